The number of fused-ring (bicyclic) bond motifs is 4. The Hall–Kier alpha value is -3.62. The third kappa shape index (κ3) is 6.63. The minimum Gasteiger partial charge on any atom is -0.489 e. The van der Waals surface area contributed by atoms with Crippen LogP contribution >= 0.6 is 0 Å². The molecule has 1 spiro atoms. The number of hydrogen-bond donors (Lipinski definition) is 2. The first-order valence-corrected chi connectivity index (χ1v) is 17.9. The average Bonchev–Trinajstić information content (AvgIpc) is 3.77. The summed E-state index contributed by atoms with van der Waals surface area (Å²) >= 11 is 0. The van der Waals surface area contributed by atoms with E-state index >= 15 is 0 Å². The van der Waals surface area contributed by atoms with E-state index in [1.54, 1.807) is 24.0 Å². The minimum atomic E-state index is -5.05. The zero-order valence-corrected chi connectivity index (χ0v) is 28.6. The van der Waals surface area contributed by atoms with E-state index in [-0.39, 0.29) is 25.0 Å². The second-order valence-electron chi connectivity index (χ2n) is 15.7. The van der Waals surface area contributed by atoms with Crippen LogP contribution in [-0.2, 0) is 16.4 Å². The number of hydrogen-bond acceptors (Lipinski definition) is 7. The molecule has 1 amide bonds. The lowest BCUT2D eigenvalue weighted by Crippen LogP contribution is -2.66. The third-order valence-electron chi connectivity index (χ3n) is 12.1. The quantitative estimate of drug-likeness (QED) is 0.291. The molecule has 7 rings (SSSR count). The van der Waals surface area contributed by atoms with Gasteiger partial charge in [0.25, 0.3) is 5.91 Å². The number of halogens is 6. The summed E-state index contributed by atoms with van der Waals surface area (Å²) in [5.74, 6) is -2.56. The van der Waals surface area contributed by atoms with E-state index < -0.39 is 70.9 Å². The van der Waals surface area contributed by atoms with E-state index in [2.05, 4.69) is 15.3 Å². The number of ether oxygens (including phenoxy) is 1. The first-order chi connectivity index (χ1) is 24.0. The number of carboxylic acid groups (broad SMARTS) is 1. The van der Waals surface area contributed by atoms with Crippen LogP contribution in [0.2, 0.25) is 0 Å². The zero-order valence-electron chi connectivity index (χ0n) is 28.6. The smallest absolute Gasteiger partial charge is 0.434 e. The Morgan fingerprint density at radius 2 is 1.80 bits per heavy atom. The summed E-state index contributed by atoms with van der Waals surface area (Å²) in [6.07, 6.45) is -2.50. The van der Waals surface area contributed by atoms with Crippen molar-refractivity contribution < 1.29 is 45.8 Å². The number of aliphatic carboxylic acids is 1. The predicted octanol–water partition coefficient (Wildman–Crippen LogP) is 7.12. The molecule has 5 unspecified atom stereocenters. The number of carboxylic acids is 1. The molecule has 3 heterocycles. The summed E-state index contributed by atoms with van der Waals surface area (Å²) in [5, 5.41) is 13.1. The van der Waals surface area contributed by atoms with Gasteiger partial charge < -0.3 is 20.1 Å². The van der Waals surface area contributed by atoms with Crippen LogP contribution in [0.5, 0.6) is 5.75 Å². The lowest BCUT2D eigenvalue weighted by atomic mass is 9.56. The molecule has 5 aliphatic rings. The van der Waals surface area contributed by atoms with Crippen LogP contribution in [0, 0.1) is 23.7 Å². The highest BCUT2D eigenvalue weighted by molar-refractivity contribution is 5.99. The Morgan fingerprint density at radius 3 is 2.49 bits per heavy atom. The van der Waals surface area contributed by atoms with Gasteiger partial charge in [-0.3, -0.25) is 9.69 Å². The van der Waals surface area contributed by atoms with Gasteiger partial charge >= 0.3 is 18.3 Å². The summed E-state index contributed by atoms with van der Waals surface area (Å²) in [4.78, 5) is 37.8. The molecule has 6 atom stereocenters. The maximum atomic E-state index is 14.7. The number of carbonyl (C=O) groups excluding carboxylic acids is 1. The molecule has 15 heteroatoms. The second kappa shape index (κ2) is 12.8. The fourth-order valence-electron chi connectivity index (χ4n) is 10.1. The molecule has 1 aromatic carbocycles. The summed E-state index contributed by atoms with van der Waals surface area (Å²) < 4.78 is 89.0. The number of benzene rings is 1. The van der Waals surface area contributed by atoms with Crippen LogP contribution in [0.25, 0.3) is 0 Å². The van der Waals surface area contributed by atoms with Gasteiger partial charge in [0, 0.05) is 36.9 Å². The first-order valence-electron chi connectivity index (χ1n) is 17.9. The lowest BCUT2D eigenvalue weighted by Gasteiger charge is -2.52. The highest BCUT2D eigenvalue weighted by atomic mass is 19.4. The van der Waals surface area contributed by atoms with Gasteiger partial charge in [-0.15, -0.1) is 0 Å². The van der Waals surface area contributed by atoms with Gasteiger partial charge in [0.2, 0.25) is 5.95 Å². The monoisotopic (exact) mass is 723 g/mol. The number of carbonyl (C=O) groups is 2. The van der Waals surface area contributed by atoms with Crippen LogP contribution in [0.3, 0.4) is 0 Å². The Bertz CT molecular complexity index is 1680. The second-order valence-corrected chi connectivity index (χ2v) is 15.7. The van der Waals surface area contributed by atoms with Gasteiger partial charge in [0.1, 0.15) is 17.4 Å². The van der Waals surface area contributed by atoms with Crippen molar-refractivity contribution >= 4 is 23.5 Å². The van der Waals surface area contributed by atoms with Gasteiger partial charge in [-0.1, -0.05) is 26.7 Å². The molecule has 2 aliphatic heterocycles. The first kappa shape index (κ1) is 35.8. The highest BCUT2D eigenvalue weighted by Gasteiger charge is 2.57. The van der Waals surface area contributed by atoms with E-state index in [4.69, 9.17) is 4.74 Å². The Kier molecular flexibility index (Phi) is 8.98. The molecule has 1 aromatic heterocycles. The van der Waals surface area contributed by atoms with Gasteiger partial charge in [0.05, 0.1) is 12.1 Å². The SMILES string of the molecule is CC1CC2CC(C)C(NC(=O)c3cnc(N4CC5(CCCC5)c5cc(O[C@@H]6CCN(CC(F)(F)F)C6)ccc54)nc3C(F)(F)F)(C(=O)O)C(C1)C2. The zero-order chi connectivity index (χ0) is 36.5. The maximum absolute atomic E-state index is 14.7. The number of anilines is 2. The lowest BCUT2D eigenvalue weighted by molar-refractivity contribution is -0.155. The minimum absolute atomic E-state index is 0.134. The Balaban J connectivity index is 1.17. The number of nitrogens with one attached hydrogen (secondary N) is 1. The molecule has 1 saturated heterocycles. The molecule has 3 saturated carbocycles. The molecular formula is C36H43F6N5O4. The fourth-order valence-corrected chi connectivity index (χ4v) is 10.1. The van der Waals surface area contributed by atoms with Crippen molar-refractivity contribution in [3.05, 3.63) is 41.2 Å². The topological polar surface area (TPSA) is 108 Å². The summed E-state index contributed by atoms with van der Waals surface area (Å²) in [5.41, 5.74) is -2.95. The number of amides is 1. The molecule has 51 heavy (non-hydrogen) atoms. The summed E-state index contributed by atoms with van der Waals surface area (Å²) in [6.45, 7) is 3.46. The van der Waals surface area contributed by atoms with Gasteiger partial charge in [-0.25, -0.2) is 14.8 Å². The largest absolute Gasteiger partial charge is 0.489 e. The number of nitrogens with zero attached hydrogens (tertiary/aromatic N) is 4. The van der Waals surface area contributed by atoms with Crippen molar-refractivity contribution in [1.29, 1.82) is 0 Å². The van der Waals surface area contributed by atoms with E-state index in [9.17, 15) is 41.0 Å². The highest BCUT2D eigenvalue weighted by Crippen LogP contribution is 2.54. The van der Waals surface area contributed by atoms with Crippen LogP contribution in [0.15, 0.2) is 24.4 Å². The Labute approximate surface area is 292 Å². The average molecular weight is 724 g/mol. The van der Waals surface area contributed by atoms with Crippen LogP contribution in [-0.4, -0.2) is 75.8 Å². The standard InChI is InChI=1S/C36H43F6N5O4/c1-20-11-22-13-21(2)35(31(49)50,23(12-20)14-22)45-30(48)26-16-43-32(44-29(26)36(40,41)42)47-18-33(8-3-4-9-33)27-15-24(5-6-28(27)47)51-25-7-10-46(17-25)19-34(37,38)39/h5-6,15-16,20-23,25H,3-4,7-14,17-19H2,1-2H3,(H,45,48)(H,49,50)/t20?,21?,22?,23?,25-,35?/m1/s1. The molecule has 278 valence electrons. The van der Waals surface area contributed by atoms with Crippen molar-refractivity contribution in [2.45, 2.75) is 101 Å². The van der Waals surface area contributed by atoms with Gasteiger partial charge in [-0.05, 0) is 92.4 Å². The molecule has 0 radical (unpaired) electrons. The number of alkyl halides is 6. The van der Waals surface area contributed by atoms with E-state index in [1.165, 1.54) is 4.90 Å². The molecule has 2 aromatic rings. The summed E-state index contributed by atoms with van der Waals surface area (Å²) in [7, 11) is 0. The van der Waals surface area contributed by atoms with Crippen molar-refractivity contribution in [1.82, 2.24) is 20.2 Å². The van der Waals surface area contributed by atoms with Crippen molar-refractivity contribution in [3.8, 4) is 5.75 Å². The molecule has 2 N–H and O–H groups in total. The number of rotatable bonds is 7. The van der Waals surface area contributed by atoms with Crippen molar-refractivity contribution in [2.24, 2.45) is 23.7 Å². The molecule has 2 bridgehead atoms. The van der Waals surface area contributed by atoms with E-state index in [0.29, 0.717) is 49.6 Å². The van der Waals surface area contributed by atoms with E-state index in [0.717, 1.165) is 43.9 Å². The van der Waals surface area contributed by atoms with Gasteiger partial charge in [-0.2, -0.15) is 26.3 Å². The van der Waals surface area contributed by atoms with Crippen molar-refractivity contribution in [3.63, 3.8) is 0 Å². The molecule has 9 nitrogen and oxygen atoms in total. The fraction of sp³-hybridized carbons (Fsp3) is 0.667. The van der Waals surface area contributed by atoms with Crippen LogP contribution in [0.1, 0.15) is 93.3 Å². The maximum Gasteiger partial charge on any atom is 0.434 e. The van der Waals surface area contributed by atoms with Gasteiger partial charge in [0.15, 0.2) is 5.69 Å². The van der Waals surface area contributed by atoms with Crippen molar-refractivity contribution in [2.75, 3.05) is 31.1 Å². The Morgan fingerprint density at radius 1 is 1.06 bits per heavy atom. The molecular weight excluding hydrogens is 680 g/mol. The predicted molar refractivity (Wildman–Crippen MR) is 174 cm³/mol. The van der Waals surface area contributed by atoms with Crippen LogP contribution in [0.4, 0.5) is 38.0 Å². The third-order valence-corrected chi connectivity index (χ3v) is 12.1. The van der Waals surface area contributed by atoms with E-state index in [1.807, 2.05) is 13.0 Å². The molecule has 4 fully saturated rings. The molecule has 3 aliphatic carbocycles. The van der Waals surface area contributed by atoms with Crippen LogP contribution < -0.4 is 15.0 Å². The normalized spacial score (nSPS) is 30.4. The number of aromatic nitrogens is 2. The number of likely N-dealkylation sites (tertiary alicyclic amines) is 1. The summed E-state index contributed by atoms with van der Waals surface area (Å²) in [6, 6.07) is 5.22.